The third-order valence-corrected chi connectivity index (χ3v) is 4.78. The first kappa shape index (κ1) is 20.9. The van der Waals surface area contributed by atoms with E-state index in [0.29, 0.717) is 17.1 Å². The molecule has 11 heteroatoms. The smallest absolute Gasteiger partial charge is 0.433 e. The van der Waals surface area contributed by atoms with Gasteiger partial charge in [0.1, 0.15) is 5.71 Å². The molecule has 1 amide bonds. The van der Waals surface area contributed by atoms with E-state index >= 15 is 0 Å². The number of aromatic nitrogens is 3. The van der Waals surface area contributed by atoms with Crippen molar-refractivity contribution >= 4 is 28.5 Å². The minimum Gasteiger partial charge on any atom is -0.616 e. The van der Waals surface area contributed by atoms with Crippen molar-refractivity contribution in [1.82, 2.24) is 14.8 Å². The van der Waals surface area contributed by atoms with Crippen molar-refractivity contribution in [2.45, 2.75) is 20.0 Å². The molecule has 0 aliphatic heterocycles. The fraction of sp³-hybridized carbons (Fsp3) is 0.375. The Balaban J connectivity index is 2.17. The Bertz CT molecular complexity index is 810. The Morgan fingerprint density at radius 3 is 2.70 bits per heavy atom. The topological polar surface area (TPSA) is 97.9 Å². The molecule has 0 bridgehead atoms. The average Bonchev–Trinajstić information content (AvgIpc) is 2.96. The van der Waals surface area contributed by atoms with Crippen LogP contribution in [0.25, 0.3) is 5.69 Å². The van der Waals surface area contributed by atoms with Crippen molar-refractivity contribution in [3.05, 3.63) is 36.4 Å². The van der Waals surface area contributed by atoms with E-state index in [0.717, 1.165) is 0 Å². The van der Waals surface area contributed by atoms with Crippen LogP contribution in [0.4, 0.5) is 18.9 Å². The number of amides is 1. The van der Waals surface area contributed by atoms with Gasteiger partial charge >= 0.3 is 6.18 Å². The van der Waals surface area contributed by atoms with E-state index < -0.39 is 40.5 Å². The molecule has 7 nitrogen and oxygen atoms in total. The van der Waals surface area contributed by atoms with Gasteiger partial charge in [0.2, 0.25) is 5.75 Å². The highest BCUT2D eigenvalue weighted by molar-refractivity contribution is 7.92. The van der Waals surface area contributed by atoms with Gasteiger partial charge in [-0.15, -0.1) is 0 Å². The Hall–Kier alpha value is -2.40. The molecule has 0 fully saturated rings. The summed E-state index contributed by atoms with van der Waals surface area (Å²) in [6.07, 6.45) is 0.148. The molecule has 0 spiro atoms. The Kier molecular flexibility index (Phi) is 6.60. The van der Waals surface area contributed by atoms with E-state index in [1.165, 1.54) is 9.58 Å². The van der Waals surface area contributed by atoms with Crippen molar-refractivity contribution in [2.24, 2.45) is 0 Å². The first-order valence-corrected chi connectivity index (χ1v) is 9.39. The van der Waals surface area contributed by atoms with E-state index in [-0.39, 0.29) is 6.54 Å². The summed E-state index contributed by atoms with van der Waals surface area (Å²) in [6.45, 7) is 3.51. The molecule has 2 aromatic rings. The van der Waals surface area contributed by atoms with Gasteiger partial charge in [0.05, 0.1) is 29.5 Å². The standard InChI is InChI=1S/C16H18F3N5O2S/c1-3-23(15(25)13(20)9-27(26)10-16(17,18)19)14-8-24(22-11(14)2)12-5-4-6-21-7-12/h4-8,20H,3,9-10H2,1-2H3. The molecule has 0 radical (unpaired) electrons. The number of hydrogen-bond donors (Lipinski definition) is 1. The number of rotatable bonds is 7. The van der Waals surface area contributed by atoms with E-state index in [9.17, 15) is 22.5 Å². The summed E-state index contributed by atoms with van der Waals surface area (Å²) in [6, 6.07) is 3.49. The second-order valence-electron chi connectivity index (χ2n) is 5.63. The molecule has 2 heterocycles. The third kappa shape index (κ3) is 5.54. The molecule has 0 aliphatic carbocycles. The Morgan fingerprint density at radius 1 is 1.44 bits per heavy atom. The summed E-state index contributed by atoms with van der Waals surface area (Å²) in [5.74, 6) is -3.11. The number of nitrogens with zero attached hydrogens (tertiary/aromatic N) is 4. The molecule has 1 atom stereocenters. The van der Waals surface area contributed by atoms with Crippen molar-refractivity contribution < 1.29 is 22.5 Å². The van der Waals surface area contributed by atoms with E-state index in [1.54, 1.807) is 44.6 Å². The van der Waals surface area contributed by atoms with Crippen molar-refractivity contribution in [1.29, 1.82) is 5.41 Å². The predicted molar refractivity (Wildman–Crippen MR) is 95.8 cm³/mol. The van der Waals surface area contributed by atoms with Gasteiger partial charge in [-0.05, 0) is 37.2 Å². The van der Waals surface area contributed by atoms with Crippen molar-refractivity contribution in [3.8, 4) is 5.69 Å². The maximum atomic E-state index is 12.5. The number of carbonyl (C=O) groups excluding carboxylic acids is 1. The number of pyridine rings is 1. The lowest BCUT2D eigenvalue weighted by atomic mass is 10.3. The fourth-order valence-electron chi connectivity index (χ4n) is 2.38. The Labute approximate surface area is 156 Å². The first-order valence-electron chi connectivity index (χ1n) is 7.90. The van der Waals surface area contributed by atoms with Crippen LogP contribution < -0.4 is 4.90 Å². The molecule has 1 unspecified atom stereocenters. The Morgan fingerprint density at radius 2 is 2.15 bits per heavy atom. The van der Waals surface area contributed by atoms with Crippen LogP contribution >= 0.6 is 0 Å². The van der Waals surface area contributed by atoms with Crippen LogP contribution in [-0.4, -0.2) is 55.2 Å². The molecule has 2 rings (SSSR count). The van der Waals surface area contributed by atoms with Crippen LogP contribution in [0.15, 0.2) is 30.7 Å². The highest BCUT2D eigenvalue weighted by Crippen LogP contribution is 2.22. The van der Waals surface area contributed by atoms with Crippen LogP contribution in [-0.2, 0) is 16.0 Å². The monoisotopic (exact) mass is 401 g/mol. The number of halogens is 3. The first-order chi connectivity index (χ1) is 12.6. The maximum Gasteiger partial charge on any atom is 0.433 e. The van der Waals surface area contributed by atoms with Crippen LogP contribution in [0.3, 0.4) is 0 Å². The molecule has 27 heavy (non-hydrogen) atoms. The van der Waals surface area contributed by atoms with Crippen molar-refractivity contribution in [2.75, 3.05) is 23.0 Å². The van der Waals surface area contributed by atoms with Gasteiger partial charge in [-0.25, -0.2) is 4.68 Å². The van der Waals surface area contributed by atoms with E-state index in [4.69, 9.17) is 5.41 Å². The second kappa shape index (κ2) is 8.53. The van der Waals surface area contributed by atoms with Gasteiger partial charge in [0.25, 0.3) is 5.91 Å². The number of nitrogens with one attached hydrogen (secondary N) is 1. The molecule has 0 saturated heterocycles. The highest BCUT2D eigenvalue weighted by atomic mass is 32.2. The van der Waals surface area contributed by atoms with Crippen LogP contribution in [0, 0.1) is 12.3 Å². The van der Waals surface area contributed by atoms with Gasteiger partial charge in [-0.2, -0.15) is 18.3 Å². The number of aryl methyl sites for hydroxylation is 1. The predicted octanol–water partition coefficient (Wildman–Crippen LogP) is 2.26. The molecule has 2 aromatic heterocycles. The number of hydrogen-bond acceptors (Lipinski definition) is 5. The third-order valence-electron chi connectivity index (χ3n) is 3.52. The molecule has 146 valence electrons. The van der Waals surface area contributed by atoms with Gasteiger partial charge in [0, 0.05) is 12.7 Å². The maximum absolute atomic E-state index is 12.5. The van der Waals surface area contributed by atoms with Gasteiger partial charge in [-0.1, -0.05) is 0 Å². The zero-order chi connectivity index (χ0) is 20.2. The van der Waals surface area contributed by atoms with Crippen molar-refractivity contribution in [3.63, 3.8) is 0 Å². The molecular weight excluding hydrogens is 383 g/mol. The number of carbonyl (C=O) groups is 1. The lowest BCUT2D eigenvalue weighted by Crippen LogP contribution is -2.40. The molecule has 0 aromatic carbocycles. The summed E-state index contributed by atoms with van der Waals surface area (Å²) in [5, 5.41) is 12.1. The average molecular weight is 401 g/mol. The number of anilines is 1. The second-order valence-corrected chi connectivity index (χ2v) is 7.08. The molecule has 0 aliphatic rings. The summed E-state index contributed by atoms with van der Waals surface area (Å²) in [4.78, 5) is 17.7. The summed E-state index contributed by atoms with van der Waals surface area (Å²) in [7, 11) is 0. The van der Waals surface area contributed by atoms with Gasteiger partial charge in [0.15, 0.2) is 5.75 Å². The van der Waals surface area contributed by atoms with E-state index in [2.05, 4.69) is 10.1 Å². The summed E-state index contributed by atoms with van der Waals surface area (Å²) in [5.41, 5.74) is 0.931. The lowest BCUT2D eigenvalue weighted by molar-refractivity contribution is -0.112. The van der Waals surface area contributed by atoms with Crippen LogP contribution in [0.2, 0.25) is 0 Å². The SMILES string of the molecule is CCN(C(=O)C(=N)C[S+]([O-])CC(F)(F)F)c1cn(-c2cccnc2)nc1C. The zero-order valence-electron chi connectivity index (χ0n) is 14.7. The van der Waals surface area contributed by atoms with E-state index in [1.807, 2.05) is 0 Å². The minimum absolute atomic E-state index is 0.173. The highest BCUT2D eigenvalue weighted by Gasteiger charge is 2.36. The molecule has 0 saturated carbocycles. The fourth-order valence-corrected chi connectivity index (χ4v) is 3.29. The summed E-state index contributed by atoms with van der Waals surface area (Å²) < 4.78 is 49.9. The van der Waals surface area contributed by atoms with Gasteiger partial charge in [-0.3, -0.25) is 15.2 Å². The minimum atomic E-state index is -4.61. The normalized spacial score (nSPS) is 12.7. The largest absolute Gasteiger partial charge is 0.616 e. The van der Waals surface area contributed by atoms with Crippen LogP contribution in [0.1, 0.15) is 12.6 Å². The molecular formula is C16H18F3N5O2S. The van der Waals surface area contributed by atoms with Gasteiger partial charge < -0.3 is 9.45 Å². The summed E-state index contributed by atoms with van der Waals surface area (Å²) >= 11 is -2.37. The lowest BCUT2D eigenvalue weighted by Gasteiger charge is -2.21. The quantitative estimate of drug-likeness (QED) is 0.568. The van der Waals surface area contributed by atoms with Crippen LogP contribution in [0.5, 0.6) is 0 Å². The molecule has 1 N–H and O–H groups in total. The zero-order valence-corrected chi connectivity index (χ0v) is 15.5. The number of alkyl halides is 3.